The number of alkyl halides is 3. The van der Waals surface area contributed by atoms with E-state index in [1.807, 2.05) is 11.0 Å². The molecule has 100 valence electrons. The van der Waals surface area contributed by atoms with Gasteiger partial charge in [-0.25, -0.2) is 0 Å². The zero-order valence-corrected chi connectivity index (χ0v) is 10.5. The fourth-order valence-corrected chi connectivity index (χ4v) is 2.68. The van der Waals surface area contributed by atoms with Crippen molar-refractivity contribution in [2.24, 2.45) is 0 Å². The highest BCUT2D eigenvalue weighted by atomic mass is 32.2. The molecule has 0 amide bonds. The molecule has 0 spiro atoms. The van der Waals surface area contributed by atoms with Gasteiger partial charge in [0.05, 0.1) is 6.10 Å². The Balaban J connectivity index is 1.99. The number of rotatable bonds is 3. The molecule has 0 bridgehead atoms. The summed E-state index contributed by atoms with van der Waals surface area (Å²) in [6.07, 6.45) is 0.425. The van der Waals surface area contributed by atoms with Gasteiger partial charge < -0.3 is 5.11 Å². The topological polar surface area (TPSA) is 23.5 Å². The van der Waals surface area contributed by atoms with E-state index >= 15 is 0 Å². The molecule has 1 saturated heterocycles. The molecule has 0 aliphatic carbocycles. The Hall–Kier alpha value is -0.720. The molecule has 2 rings (SSSR count). The molecule has 2 nitrogen and oxygen atoms in total. The van der Waals surface area contributed by atoms with E-state index in [2.05, 4.69) is 0 Å². The van der Waals surface area contributed by atoms with Crippen molar-refractivity contribution in [1.29, 1.82) is 0 Å². The van der Waals surface area contributed by atoms with E-state index in [-0.39, 0.29) is 22.8 Å². The molecule has 0 radical (unpaired) electrons. The lowest BCUT2D eigenvalue weighted by molar-refractivity contribution is -0.0328. The fourth-order valence-electron chi connectivity index (χ4n) is 2.05. The standard InChI is InChI=1S/C12H14F3NOS/c13-12(14,15)18-11-3-1-2-9(6-11)7-16-5-4-10(17)8-16/h1-3,6,10,17H,4-5,7-8H2/t10-/m1/s1. The summed E-state index contributed by atoms with van der Waals surface area (Å²) in [6, 6.07) is 6.46. The lowest BCUT2D eigenvalue weighted by Crippen LogP contribution is -2.21. The molecule has 0 aromatic heterocycles. The van der Waals surface area contributed by atoms with Crippen molar-refractivity contribution in [1.82, 2.24) is 4.90 Å². The second kappa shape index (κ2) is 5.50. The average molecular weight is 277 g/mol. The number of hydrogen-bond acceptors (Lipinski definition) is 3. The molecule has 1 heterocycles. The lowest BCUT2D eigenvalue weighted by atomic mass is 10.2. The Bertz CT molecular complexity index is 411. The van der Waals surface area contributed by atoms with E-state index in [0.29, 0.717) is 13.1 Å². The highest BCUT2D eigenvalue weighted by molar-refractivity contribution is 8.00. The lowest BCUT2D eigenvalue weighted by Gasteiger charge is -2.15. The molecule has 1 aliphatic rings. The van der Waals surface area contributed by atoms with Crippen molar-refractivity contribution in [2.75, 3.05) is 13.1 Å². The molecule has 6 heteroatoms. The van der Waals surface area contributed by atoms with E-state index in [1.54, 1.807) is 12.1 Å². The van der Waals surface area contributed by atoms with Crippen molar-refractivity contribution in [3.05, 3.63) is 29.8 Å². The van der Waals surface area contributed by atoms with Gasteiger partial charge in [0.1, 0.15) is 0 Å². The molecule has 0 saturated carbocycles. The maximum atomic E-state index is 12.2. The predicted molar refractivity (Wildman–Crippen MR) is 64.3 cm³/mol. The Morgan fingerprint density at radius 3 is 2.78 bits per heavy atom. The minimum absolute atomic E-state index is 0.0945. The van der Waals surface area contributed by atoms with Crippen molar-refractivity contribution >= 4 is 11.8 Å². The number of aliphatic hydroxyl groups is 1. The Morgan fingerprint density at radius 2 is 2.17 bits per heavy atom. The number of β-amino-alcohol motifs (C(OH)–C–C–N with tert-alkyl or cyclic N) is 1. The van der Waals surface area contributed by atoms with Crippen LogP contribution in [0.1, 0.15) is 12.0 Å². The summed E-state index contributed by atoms with van der Waals surface area (Å²) in [6.45, 7) is 1.97. The summed E-state index contributed by atoms with van der Waals surface area (Å²) in [5, 5.41) is 9.39. The van der Waals surface area contributed by atoms with Crippen LogP contribution in [-0.2, 0) is 6.54 Å². The summed E-state index contributed by atoms with van der Waals surface area (Å²) < 4.78 is 36.7. The largest absolute Gasteiger partial charge is 0.446 e. The zero-order chi connectivity index (χ0) is 13.2. The highest BCUT2D eigenvalue weighted by Crippen LogP contribution is 2.37. The maximum Gasteiger partial charge on any atom is 0.446 e. The Morgan fingerprint density at radius 1 is 1.39 bits per heavy atom. The third-order valence-electron chi connectivity index (χ3n) is 2.79. The van der Waals surface area contributed by atoms with E-state index in [0.717, 1.165) is 18.5 Å². The molecule has 18 heavy (non-hydrogen) atoms. The van der Waals surface area contributed by atoms with Gasteiger partial charge in [0.25, 0.3) is 0 Å². The molecule has 0 unspecified atom stereocenters. The van der Waals surface area contributed by atoms with Gasteiger partial charge in [-0.2, -0.15) is 13.2 Å². The first-order chi connectivity index (χ1) is 8.42. The number of halogens is 3. The normalized spacial score (nSPS) is 21.4. The number of nitrogens with zero attached hydrogens (tertiary/aromatic N) is 1. The fraction of sp³-hybridized carbons (Fsp3) is 0.500. The highest BCUT2D eigenvalue weighted by Gasteiger charge is 2.29. The molecule has 1 aromatic rings. The third kappa shape index (κ3) is 4.19. The summed E-state index contributed by atoms with van der Waals surface area (Å²) in [5.74, 6) is 0. The third-order valence-corrected chi connectivity index (χ3v) is 3.51. The Kier molecular flexibility index (Phi) is 4.19. The van der Waals surface area contributed by atoms with Crippen LogP contribution in [0.2, 0.25) is 0 Å². The van der Waals surface area contributed by atoms with Crippen LogP contribution in [0, 0.1) is 0 Å². The molecule has 1 fully saturated rings. The van der Waals surface area contributed by atoms with Gasteiger partial charge in [0, 0.05) is 24.5 Å². The average Bonchev–Trinajstić information content (AvgIpc) is 2.62. The van der Waals surface area contributed by atoms with Crippen molar-refractivity contribution in [3.63, 3.8) is 0 Å². The van der Waals surface area contributed by atoms with Crippen LogP contribution < -0.4 is 0 Å². The van der Waals surface area contributed by atoms with Gasteiger partial charge in [0.2, 0.25) is 0 Å². The van der Waals surface area contributed by atoms with Crippen LogP contribution in [0.4, 0.5) is 13.2 Å². The monoisotopic (exact) mass is 277 g/mol. The molecular formula is C12H14F3NOS. The summed E-state index contributed by atoms with van der Waals surface area (Å²) >= 11 is -0.0945. The van der Waals surface area contributed by atoms with Crippen LogP contribution in [0.5, 0.6) is 0 Å². The summed E-state index contributed by atoms with van der Waals surface area (Å²) in [5.41, 5.74) is -3.40. The van der Waals surface area contributed by atoms with E-state index in [4.69, 9.17) is 0 Å². The maximum absolute atomic E-state index is 12.2. The summed E-state index contributed by atoms with van der Waals surface area (Å²) in [4.78, 5) is 2.25. The van der Waals surface area contributed by atoms with E-state index in [1.165, 1.54) is 6.07 Å². The van der Waals surface area contributed by atoms with E-state index in [9.17, 15) is 18.3 Å². The predicted octanol–water partition coefficient (Wildman–Crippen LogP) is 2.87. The number of thioether (sulfide) groups is 1. The Labute approximate surface area is 108 Å². The van der Waals surface area contributed by atoms with Crippen molar-refractivity contribution in [2.45, 2.75) is 29.5 Å². The second-order valence-corrected chi connectivity index (χ2v) is 5.51. The molecule has 1 N–H and O–H groups in total. The quantitative estimate of drug-likeness (QED) is 0.859. The molecule has 1 atom stereocenters. The van der Waals surface area contributed by atoms with Crippen LogP contribution in [-0.4, -0.2) is 34.7 Å². The second-order valence-electron chi connectivity index (χ2n) is 4.37. The first-order valence-corrected chi connectivity index (χ1v) is 6.49. The minimum Gasteiger partial charge on any atom is -0.392 e. The SMILES string of the molecule is O[C@@H]1CCN(Cc2cccc(SC(F)(F)F)c2)C1. The number of likely N-dealkylation sites (tertiary alicyclic amines) is 1. The number of aliphatic hydroxyl groups excluding tert-OH is 1. The van der Waals surface area contributed by atoms with Crippen LogP contribution in [0.3, 0.4) is 0 Å². The van der Waals surface area contributed by atoms with Crippen LogP contribution in [0.15, 0.2) is 29.2 Å². The van der Waals surface area contributed by atoms with Gasteiger partial charge in [-0.05, 0) is 35.9 Å². The van der Waals surface area contributed by atoms with Gasteiger partial charge in [-0.3, -0.25) is 4.90 Å². The van der Waals surface area contributed by atoms with Crippen molar-refractivity contribution in [3.8, 4) is 0 Å². The molecular weight excluding hydrogens is 263 g/mol. The molecule has 1 aliphatic heterocycles. The number of benzene rings is 1. The first-order valence-electron chi connectivity index (χ1n) is 5.67. The van der Waals surface area contributed by atoms with Gasteiger partial charge in [-0.1, -0.05) is 12.1 Å². The van der Waals surface area contributed by atoms with Crippen LogP contribution in [0.25, 0.3) is 0 Å². The number of hydrogen-bond donors (Lipinski definition) is 1. The van der Waals surface area contributed by atoms with Crippen LogP contribution >= 0.6 is 11.8 Å². The van der Waals surface area contributed by atoms with E-state index < -0.39 is 5.51 Å². The molecule has 1 aromatic carbocycles. The van der Waals surface area contributed by atoms with Gasteiger partial charge in [-0.15, -0.1) is 0 Å². The smallest absolute Gasteiger partial charge is 0.392 e. The zero-order valence-electron chi connectivity index (χ0n) is 9.65. The summed E-state index contributed by atoms with van der Waals surface area (Å²) in [7, 11) is 0. The van der Waals surface area contributed by atoms with Crippen molar-refractivity contribution < 1.29 is 18.3 Å². The first kappa shape index (κ1) is 13.7. The minimum atomic E-state index is -4.25. The van der Waals surface area contributed by atoms with Gasteiger partial charge in [0.15, 0.2) is 0 Å². The van der Waals surface area contributed by atoms with Gasteiger partial charge >= 0.3 is 5.51 Å².